The second-order valence-corrected chi connectivity index (χ2v) is 10.6. The van der Waals surface area contributed by atoms with Gasteiger partial charge in [-0.2, -0.15) is 0 Å². The third kappa shape index (κ3) is 6.83. The predicted octanol–water partition coefficient (Wildman–Crippen LogP) is 4.24. The van der Waals surface area contributed by atoms with E-state index in [4.69, 9.17) is 19.3 Å². The van der Waals surface area contributed by atoms with Crippen LogP contribution >= 0.6 is 63.7 Å². The number of carboxylic acids is 1. The molecule has 5 nitrogen and oxygen atoms in total. The first-order valence-electron chi connectivity index (χ1n) is 8.05. The number of alkyl halides is 4. The van der Waals surface area contributed by atoms with Crippen LogP contribution < -0.4 is 0 Å². The van der Waals surface area contributed by atoms with E-state index in [0.717, 1.165) is 0 Å². The van der Waals surface area contributed by atoms with Crippen LogP contribution in [0.2, 0.25) is 0 Å². The second kappa shape index (κ2) is 11.5. The van der Waals surface area contributed by atoms with Crippen LogP contribution in [-0.2, 0) is 14.2 Å². The summed E-state index contributed by atoms with van der Waals surface area (Å²) in [5, 5.41) is 8.38. The van der Waals surface area contributed by atoms with Crippen molar-refractivity contribution in [2.75, 3.05) is 26.4 Å². The van der Waals surface area contributed by atoms with Crippen molar-refractivity contribution in [2.45, 2.75) is 31.5 Å². The van der Waals surface area contributed by atoms with Crippen LogP contribution in [0.3, 0.4) is 0 Å². The fraction of sp³-hybridized carbons (Fsp3) is 0.588. The predicted molar refractivity (Wildman–Crippen MR) is 115 cm³/mol. The summed E-state index contributed by atoms with van der Waals surface area (Å²) in [5.41, 5.74) is 0.331. The number of ether oxygens (including phenoxy) is 3. The summed E-state index contributed by atoms with van der Waals surface area (Å²) in [7, 11) is 0. The standard InChI is InChI=1S/C10H14Br4O3.C7H6O2/c11-5-1-15-2-6(12)9(5)17-10-7(13)3-16-4-8(10)14;8-7(9)6-4-2-1-3-5-6/h5-10H,1-4H2;1-5H,(H,8,9). The van der Waals surface area contributed by atoms with E-state index in [1.165, 1.54) is 0 Å². The van der Waals surface area contributed by atoms with Crippen molar-refractivity contribution >= 4 is 69.7 Å². The number of aromatic carboxylic acids is 1. The fourth-order valence-corrected chi connectivity index (χ4v) is 6.06. The molecule has 1 aromatic rings. The molecule has 0 saturated carbocycles. The summed E-state index contributed by atoms with van der Waals surface area (Å²) in [6.07, 6.45) is 0.235. The minimum absolute atomic E-state index is 0.118. The molecule has 3 rings (SSSR count). The van der Waals surface area contributed by atoms with Crippen molar-refractivity contribution in [1.29, 1.82) is 0 Å². The molecule has 0 aliphatic carbocycles. The Hall–Kier alpha value is 0.490. The van der Waals surface area contributed by atoms with E-state index < -0.39 is 5.97 Å². The normalized spacial score (nSPS) is 34.5. The number of carbonyl (C=O) groups is 1. The van der Waals surface area contributed by atoms with Gasteiger partial charge in [0.15, 0.2) is 0 Å². The van der Waals surface area contributed by atoms with Gasteiger partial charge in [-0.1, -0.05) is 81.9 Å². The Balaban J connectivity index is 0.000000228. The minimum Gasteiger partial charge on any atom is -0.478 e. The highest BCUT2D eigenvalue weighted by Gasteiger charge is 2.39. The molecule has 146 valence electrons. The van der Waals surface area contributed by atoms with E-state index in [-0.39, 0.29) is 31.5 Å². The summed E-state index contributed by atoms with van der Waals surface area (Å²) in [6, 6.07) is 8.30. The van der Waals surface area contributed by atoms with Crippen molar-refractivity contribution in [3.63, 3.8) is 0 Å². The van der Waals surface area contributed by atoms with Crippen molar-refractivity contribution in [3.8, 4) is 0 Å². The maximum absolute atomic E-state index is 10.2. The lowest BCUT2D eigenvalue weighted by Crippen LogP contribution is -2.51. The maximum atomic E-state index is 10.2. The maximum Gasteiger partial charge on any atom is 0.335 e. The molecular formula is C17H20Br4O5. The third-order valence-corrected chi connectivity index (χ3v) is 7.01. The van der Waals surface area contributed by atoms with E-state index in [2.05, 4.69) is 63.7 Å². The minimum atomic E-state index is -0.879. The molecule has 2 aliphatic rings. The zero-order chi connectivity index (χ0) is 19.1. The number of hydrogen-bond acceptors (Lipinski definition) is 4. The molecule has 4 unspecified atom stereocenters. The van der Waals surface area contributed by atoms with Crippen LogP contribution in [-0.4, -0.2) is 69.0 Å². The van der Waals surface area contributed by atoms with Gasteiger partial charge in [-0.3, -0.25) is 0 Å². The fourth-order valence-electron chi connectivity index (χ4n) is 2.52. The molecule has 1 aromatic carbocycles. The first-order valence-corrected chi connectivity index (χ1v) is 11.7. The molecule has 9 heteroatoms. The highest BCUT2D eigenvalue weighted by molar-refractivity contribution is 9.10. The Morgan fingerprint density at radius 3 is 1.54 bits per heavy atom. The summed E-state index contributed by atoms with van der Waals surface area (Å²) in [4.78, 5) is 11.1. The Kier molecular flexibility index (Phi) is 10.1. The van der Waals surface area contributed by atoms with Gasteiger partial charge in [-0.05, 0) is 12.1 Å². The molecular weight excluding hydrogens is 604 g/mol. The molecule has 2 fully saturated rings. The Bertz CT molecular complexity index is 517. The third-order valence-electron chi connectivity index (χ3n) is 3.87. The Labute approximate surface area is 186 Å². The van der Waals surface area contributed by atoms with Crippen molar-refractivity contribution < 1.29 is 24.1 Å². The lowest BCUT2D eigenvalue weighted by atomic mass is 10.1. The van der Waals surface area contributed by atoms with Crippen LogP contribution in [0, 0.1) is 0 Å². The van der Waals surface area contributed by atoms with E-state index in [0.29, 0.717) is 32.0 Å². The van der Waals surface area contributed by atoms with Crippen LogP contribution in [0.1, 0.15) is 10.4 Å². The molecule has 2 aliphatic heterocycles. The van der Waals surface area contributed by atoms with Crippen molar-refractivity contribution in [1.82, 2.24) is 0 Å². The van der Waals surface area contributed by atoms with E-state index in [1.807, 2.05) is 0 Å². The van der Waals surface area contributed by atoms with Gasteiger partial charge in [-0.15, -0.1) is 0 Å². The van der Waals surface area contributed by atoms with Crippen LogP contribution in [0.4, 0.5) is 0 Å². The molecule has 1 N–H and O–H groups in total. The van der Waals surface area contributed by atoms with E-state index in [1.54, 1.807) is 30.3 Å². The smallest absolute Gasteiger partial charge is 0.335 e. The molecule has 0 amide bonds. The second-order valence-electron chi connectivity index (χ2n) is 5.88. The van der Waals surface area contributed by atoms with Gasteiger partial charge in [0.2, 0.25) is 0 Å². The van der Waals surface area contributed by atoms with Gasteiger partial charge in [-0.25, -0.2) is 4.79 Å². The first kappa shape index (κ1) is 22.8. The van der Waals surface area contributed by atoms with Gasteiger partial charge >= 0.3 is 5.97 Å². The topological polar surface area (TPSA) is 65.0 Å². The summed E-state index contributed by atoms with van der Waals surface area (Å²) in [6.45, 7) is 2.76. The van der Waals surface area contributed by atoms with Crippen LogP contribution in [0.5, 0.6) is 0 Å². The Morgan fingerprint density at radius 1 is 0.846 bits per heavy atom. The van der Waals surface area contributed by atoms with Gasteiger partial charge < -0.3 is 19.3 Å². The Morgan fingerprint density at radius 2 is 1.23 bits per heavy atom. The largest absolute Gasteiger partial charge is 0.478 e. The van der Waals surface area contributed by atoms with Crippen LogP contribution in [0.25, 0.3) is 0 Å². The molecule has 0 radical (unpaired) electrons. The highest BCUT2D eigenvalue weighted by Crippen LogP contribution is 2.31. The monoisotopic (exact) mass is 620 g/mol. The SMILES string of the molecule is BrC1COCC(Br)C1OC1C(Br)COCC1Br.O=C(O)c1ccccc1. The van der Waals surface area contributed by atoms with Crippen molar-refractivity contribution in [3.05, 3.63) is 35.9 Å². The molecule has 4 atom stereocenters. The van der Waals surface area contributed by atoms with Gasteiger partial charge in [0.25, 0.3) is 0 Å². The quantitative estimate of drug-likeness (QED) is 0.511. The molecule has 26 heavy (non-hydrogen) atoms. The zero-order valence-corrected chi connectivity index (χ0v) is 20.1. The molecule has 0 spiro atoms. The van der Waals surface area contributed by atoms with Gasteiger partial charge in [0, 0.05) is 0 Å². The van der Waals surface area contributed by atoms with E-state index in [9.17, 15) is 4.79 Å². The lowest BCUT2D eigenvalue weighted by Gasteiger charge is -2.39. The van der Waals surface area contributed by atoms with Crippen LogP contribution in [0.15, 0.2) is 30.3 Å². The van der Waals surface area contributed by atoms with E-state index >= 15 is 0 Å². The average molecular weight is 624 g/mol. The number of halogens is 4. The first-order chi connectivity index (χ1) is 12.4. The highest BCUT2D eigenvalue weighted by atomic mass is 79.9. The molecule has 0 aromatic heterocycles. The summed E-state index contributed by atoms with van der Waals surface area (Å²) < 4.78 is 17.1. The van der Waals surface area contributed by atoms with Gasteiger partial charge in [0.05, 0.1) is 63.5 Å². The number of carboxylic acid groups (broad SMARTS) is 1. The lowest BCUT2D eigenvalue weighted by molar-refractivity contribution is -0.0821. The molecule has 2 heterocycles. The summed E-state index contributed by atoms with van der Waals surface area (Å²) >= 11 is 14.5. The average Bonchev–Trinajstić information content (AvgIpc) is 2.62. The molecule has 2 saturated heterocycles. The number of benzene rings is 1. The zero-order valence-electron chi connectivity index (χ0n) is 13.8. The summed E-state index contributed by atoms with van der Waals surface area (Å²) in [5.74, 6) is -0.879. The number of hydrogen-bond donors (Lipinski definition) is 1. The van der Waals surface area contributed by atoms with Crippen molar-refractivity contribution in [2.24, 2.45) is 0 Å². The number of rotatable bonds is 3. The molecule has 0 bridgehead atoms. The van der Waals surface area contributed by atoms with Gasteiger partial charge in [0.1, 0.15) is 0 Å².